The Hall–Kier alpha value is -2.43. The predicted octanol–water partition coefficient (Wildman–Crippen LogP) is 3.13. The Bertz CT molecular complexity index is 619. The van der Waals surface area contributed by atoms with Crippen LogP contribution in [0.3, 0.4) is 0 Å². The first-order chi connectivity index (χ1) is 9.52. The zero-order chi connectivity index (χ0) is 14.7. The van der Waals surface area contributed by atoms with Gasteiger partial charge in [0.05, 0.1) is 30.1 Å². The maximum Gasteiger partial charge on any atom is 0.340 e. The number of aryl methyl sites for hydroxylation is 1. The van der Waals surface area contributed by atoms with Gasteiger partial charge in [-0.3, -0.25) is 0 Å². The molecule has 1 atom stereocenters. The van der Waals surface area contributed by atoms with E-state index in [-0.39, 0.29) is 6.04 Å². The molecule has 106 valence electrons. The van der Waals surface area contributed by atoms with Crippen LogP contribution in [0.4, 0.5) is 11.4 Å². The summed E-state index contributed by atoms with van der Waals surface area (Å²) in [5, 5.41) is 3.20. The average Bonchev–Trinajstić information content (AvgIpc) is 2.87. The van der Waals surface area contributed by atoms with E-state index in [2.05, 4.69) is 5.32 Å². The number of benzene rings is 1. The summed E-state index contributed by atoms with van der Waals surface area (Å²) in [6.07, 6.45) is 0. The van der Waals surface area contributed by atoms with E-state index in [1.807, 2.05) is 26.0 Å². The Morgan fingerprint density at radius 1 is 1.35 bits per heavy atom. The maximum absolute atomic E-state index is 11.8. The highest BCUT2D eigenvalue weighted by Crippen LogP contribution is 2.29. The van der Waals surface area contributed by atoms with E-state index < -0.39 is 5.97 Å². The van der Waals surface area contributed by atoms with Gasteiger partial charge in [0.2, 0.25) is 0 Å². The molecule has 1 unspecified atom stereocenters. The van der Waals surface area contributed by atoms with Crippen molar-refractivity contribution in [1.82, 2.24) is 0 Å². The summed E-state index contributed by atoms with van der Waals surface area (Å²) in [6, 6.07) is 8.79. The molecule has 2 rings (SSSR count). The van der Waals surface area contributed by atoms with Gasteiger partial charge < -0.3 is 20.2 Å². The summed E-state index contributed by atoms with van der Waals surface area (Å²) in [5.74, 6) is 1.19. The second-order valence-electron chi connectivity index (χ2n) is 4.58. The highest BCUT2D eigenvalue weighted by molar-refractivity contribution is 5.98. The number of ether oxygens (including phenoxy) is 1. The van der Waals surface area contributed by atoms with E-state index in [0.717, 1.165) is 11.5 Å². The van der Waals surface area contributed by atoms with Gasteiger partial charge in [0.25, 0.3) is 0 Å². The first-order valence-corrected chi connectivity index (χ1v) is 6.32. The summed E-state index contributed by atoms with van der Waals surface area (Å²) in [5.41, 5.74) is 7.40. The summed E-state index contributed by atoms with van der Waals surface area (Å²) in [6.45, 7) is 3.82. The van der Waals surface area contributed by atoms with Gasteiger partial charge in [-0.05, 0) is 38.1 Å². The van der Waals surface area contributed by atoms with Crippen LogP contribution in [0.25, 0.3) is 0 Å². The molecular weight excluding hydrogens is 256 g/mol. The smallest absolute Gasteiger partial charge is 0.340 e. The van der Waals surface area contributed by atoms with Crippen LogP contribution in [-0.4, -0.2) is 13.1 Å². The van der Waals surface area contributed by atoms with Gasteiger partial charge >= 0.3 is 5.97 Å². The van der Waals surface area contributed by atoms with Crippen LogP contribution in [-0.2, 0) is 4.74 Å². The molecule has 0 saturated heterocycles. The van der Waals surface area contributed by atoms with Gasteiger partial charge in [-0.1, -0.05) is 6.07 Å². The number of hydrogen-bond acceptors (Lipinski definition) is 5. The molecule has 0 fully saturated rings. The van der Waals surface area contributed by atoms with Crippen LogP contribution in [0.15, 0.2) is 34.7 Å². The van der Waals surface area contributed by atoms with Gasteiger partial charge in [0.1, 0.15) is 11.5 Å². The molecular formula is C15H18N2O3. The molecule has 0 aliphatic heterocycles. The number of furan rings is 1. The molecule has 5 nitrogen and oxygen atoms in total. The topological polar surface area (TPSA) is 77.5 Å². The van der Waals surface area contributed by atoms with Crippen molar-refractivity contribution >= 4 is 17.3 Å². The zero-order valence-corrected chi connectivity index (χ0v) is 11.8. The van der Waals surface area contributed by atoms with Gasteiger partial charge in [-0.15, -0.1) is 0 Å². The van der Waals surface area contributed by atoms with Gasteiger partial charge in [-0.2, -0.15) is 0 Å². The van der Waals surface area contributed by atoms with Crippen LogP contribution in [0.5, 0.6) is 0 Å². The Balaban J connectivity index is 2.30. The Labute approximate surface area is 117 Å². The standard InChI is InChI=1S/C15H18N2O3/c1-9-7-8-13(20-9)10(2)17-14-11(15(18)19-3)5-4-6-12(14)16/h4-8,10,17H,16H2,1-3H3. The normalized spacial score (nSPS) is 11.9. The summed E-state index contributed by atoms with van der Waals surface area (Å²) < 4.78 is 10.3. The summed E-state index contributed by atoms with van der Waals surface area (Å²) >= 11 is 0. The van der Waals surface area contributed by atoms with E-state index in [0.29, 0.717) is 16.9 Å². The molecule has 0 saturated carbocycles. The highest BCUT2D eigenvalue weighted by Gasteiger charge is 2.17. The lowest BCUT2D eigenvalue weighted by molar-refractivity contribution is 0.0602. The number of carbonyl (C=O) groups is 1. The van der Waals surface area contributed by atoms with Gasteiger partial charge in [0.15, 0.2) is 0 Å². The molecule has 3 N–H and O–H groups in total. The van der Waals surface area contributed by atoms with Crippen molar-refractivity contribution < 1.29 is 13.9 Å². The van der Waals surface area contributed by atoms with E-state index >= 15 is 0 Å². The minimum atomic E-state index is -0.428. The number of carbonyl (C=O) groups excluding carboxylic acids is 1. The van der Waals surface area contributed by atoms with Crippen molar-refractivity contribution in [3.05, 3.63) is 47.4 Å². The van der Waals surface area contributed by atoms with Crippen molar-refractivity contribution in [2.75, 3.05) is 18.2 Å². The van der Waals surface area contributed by atoms with Crippen molar-refractivity contribution in [2.24, 2.45) is 0 Å². The molecule has 2 aromatic rings. The fourth-order valence-electron chi connectivity index (χ4n) is 1.99. The first-order valence-electron chi connectivity index (χ1n) is 6.32. The zero-order valence-electron chi connectivity index (χ0n) is 11.8. The lowest BCUT2D eigenvalue weighted by atomic mass is 10.1. The van der Waals surface area contributed by atoms with E-state index in [4.69, 9.17) is 14.9 Å². The van der Waals surface area contributed by atoms with Crippen LogP contribution >= 0.6 is 0 Å². The Morgan fingerprint density at radius 3 is 2.70 bits per heavy atom. The minimum Gasteiger partial charge on any atom is -0.465 e. The van der Waals surface area contributed by atoms with Crippen molar-refractivity contribution in [2.45, 2.75) is 19.9 Å². The van der Waals surface area contributed by atoms with Crippen molar-refractivity contribution in [3.63, 3.8) is 0 Å². The van der Waals surface area contributed by atoms with Crippen molar-refractivity contribution in [1.29, 1.82) is 0 Å². The number of anilines is 2. The summed E-state index contributed by atoms with van der Waals surface area (Å²) in [7, 11) is 1.34. The van der Waals surface area contributed by atoms with Crippen LogP contribution in [0.2, 0.25) is 0 Å². The number of nitrogens with two attached hydrogens (primary N) is 1. The Morgan fingerprint density at radius 2 is 2.10 bits per heavy atom. The second kappa shape index (κ2) is 5.69. The molecule has 0 bridgehead atoms. The lowest BCUT2D eigenvalue weighted by Gasteiger charge is -2.17. The van der Waals surface area contributed by atoms with Gasteiger partial charge in [-0.25, -0.2) is 4.79 Å². The predicted molar refractivity (Wildman–Crippen MR) is 77.7 cm³/mol. The van der Waals surface area contributed by atoms with Crippen LogP contribution in [0, 0.1) is 6.92 Å². The molecule has 1 heterocycles. The fourth-order valence-corrected chi connectivity index (χ4v) is 1.99. The number of rotatable bonds is 4. The third-order valence-electron chi connectivity index (χ3n) is 3.05. The molecule has 1 aromatic heterocycles. The number of esters is 1. The van der Waals surface area contributed by atoms with E-state index in [1.54, 1.807) is 18.2 Å². The van der Waals surface area contributed by atoms with E-state index in [1.165, 1.54) is 7.11 Å². The summed E-state index contributed by atoms with van der Waals surface area (Å²) in [4.78, 5) is 11.8. The molecule has 0 spiro atoms. The third kappa shape index (κ3) is 2.77. The minimum absolute atomic E-state index is 0.114. The fraction of sp³-hybridized carbons (Fsp3) is 0.267. The quantitative estimate of drug-likeness (QED) is 0.661. The van der Waals surface area contributed by atoms with Crippen LogP contribution in [0.1, 0.15) is 34.8 Å². The monoisotopic (exact) mass is 274 g/mol. The number of methoxy groups -OCH3 is 1. The van der Waals surface area contributed by atoms with E-state index in [9.17, 15) is 4.79 Å². The average molecular weight is 274 g/mol. The number of para-hydroxylation sites is 1. The Kier molecular flexibility index (Phi) is 3.98. The SMILES string of the molecule is COC(=O)c1cccc(N)c1NC(C)c1ccc(C)o1. The van der Waals surface area contributed by atoms with Crippen molar-refractivity contribution in [3.8, 4) is 0 Å². The number of nitrogen functional groups attached to an aromatic ring is 1. The molecule has 0 aliphatic carbocycles. The van der Waals surface area contributed by atoms with Crippen LogP contribution < -0.4 is 11.1 Å². The number of hydrogen-bond donors (Lipinski definition) is 2. The second-order valence-corrected chi connectivity index (χ2v) is 4.58. The van der Waals surface area contributed by atoms with Gasteiger partial charge in [0, 0.05) is 0 Å². The first kappa shape index (κ1) is 14.0. The highest BCUT2D eigenvalue weighted by atomic mass is 16.5. The lowest BCUT2D eigenvalue weighted by Crippen LogP contribution is -2.13. The molecule has 0 amide bonds. The molecule has 5 heteroatoms. The molecule has 20 heavy (non-hydrogen) atoms. The number of nitrogens with one attached hydrogen (secondary N) is 1. The molecule has 1 aromatic carbocycles. The largest absolute Gasteiger partial charge is 0.465 e. The maximum atomic E-state index is 11.8. The molecule has 0 radical (unpaired) electrons. The third-order valence-corrected chi connectivity index (χ3v) is 3.05. The molecule has 0 aliphatic rings.